The summed E-state index contributed by atoms with van der Waals surface area (Å²) < 4.78 is 6.13. The quantitative estimate of drug-likeness (QED) is 0.842. The van der Waals surface area contributed by atoms with E-state index in [0.717, 1.165) is 18.9 Å². The van der Waals surface area contributed by atoms with Crippen LogP contribution in [0.5, 0.6) is 0 Å². The summed E-state index contributed by atoms with van der Waals surface area (Å²) in [4.78, 5) is 0. The molecular weight excluding hydrogens is 256 g/mol. The first kappa shape index (κ1) is 14.2. The molecule has 2 saturated heterocycles. The van der Waals surface area contributed by atoms with Crippen LogP contribution < -0.4 is 0 Å². The Balaban J connectivity index is 1.66. The van der Waals surface area contributed by atoms with Crippen molar-refractivity contribution in [1.29, 1.82) is 0 Å². The van der Waals surface area contributed by atoms with Crippen molar-refractivity contribution < 1.29 is 9.84 Å². The molecule has 5 atom stereocenters. The van der Waals surface area contributed by atoms with Crippen LogP contribution in [0.4, 0.5) is 0 Å². The van der Waals surface area contributed by atoms with E-state index in [4.69, 9.17) is 4.74 Å². The van der Waals surface area contributed by atoms with Crippen molar-refractivity contribution in [3.05, 3.63) is 0 Å². The zero-order chi connectivity index (χ0) is 13.3. The molecule has 0 bridgehead atoms. The van der Waals surface area contributed by atoms with Gasteiger partial charge >= 0.3 is 0 Å². The van der Waals surface area contributed by atoms with Crippen LogP contribution in [0.15, 0.2) is 0 Å². The predicted octanol–water partition coefficient (Wildman–Crippen LogP) is 3.48. The molecule has 2 aliphatic heterocycles. The SMILES string of the molecule is CCC1CCC(O)C(C2CCOC3(CCSC3)C2)C1. The van der Waals surface area contributed by atoms with E-state index in [0.29, 0.717) is 11.8 Å². The van der Waals surface area contributed by atoms with Gasteiger partial charge in [0.2, 0.25) is 0 Å². The smallest absolute Gasteiger partial charge is 0.0783 e. The van der Waals surface area contributed by atoms with Crippen LogP contribution in [0, 0.1) is 17.8 Å². The Hall–Kier alpha value is 0.270. The summed E-state index contributed by atoms with van der Waals surface area (Å²) in [7, 11) is 0. The second-order valence-corrected chi connectivity index (χ2v) is 8.01. The van der Waals surface area contributed by atoms with Crippen molar-refractivity contribution in [2.24, 2.45) is 17.8 Å². The molecule has 3 aliphatic rings. The van der Waals surface area contributed by atoms with E-state index in [1.807, 2.05) is 11.8 Å². The van der Waals surface area contributed by atoms with Gasteiger partial charge in [-0.15, -0.1) is 0 Å². The molecule has 0 amide bonds. The van der Waals surface area contributed by atoms with Gasteiger partial charge in [-0.05, 0) is 62.0 Å². The highest BCUT2D eigenvalue weighted by Gasteiger charge is 2.44. The summed E-state index contributed by atoms with van der Waals surface area (Å²) in [5.41, 5.74) is 0.173. The molecule has 1 saturated carbocycles. The molecule has 5 unspecified atom stereocenters. The summed E-state index contributed by atoms with van der Waals surface area (Å²) in [5.74, 6) is 4.55. The minimum atomic E-state index is -0.0444. The monoisotopic (exact) mass is 284 g/mol. The third-order valence-corrected chi connectivity index (χ3v) is 6.97. The van der Waals surface area contributed by atoms with E-state index < -0.39 is 0 Å². The molecule has 3 fully saturated rings. The van der Waals surface area contributed by atoms with Gasteiger partial charge in [0.1, 0.15) is 0 Å². The van der Waals surface area contributed by atoms with Crippen LogP contribution in [0.1, 0.15) is 51.9 Å². The first-order valence-corrected chi connectivity index (χ1v) is 9.28. The average Bonchev–Trinajstić information content (AvgIpc) is 2.87. The lowest BCUT2D eigenvalue weighted by molar-refractivity contribution is -0.107. The molecule has 1 spiro atoms. The van der Waals surface area contributed by atoms with Gasteiger partial charge in [0, 0.05) is 12.4 Å². The van der Waals surface area contributed by atoms with Crippen LogP contribution in [0.25, 0.3) is 0 Å². The third kappa shape index (κ3) is 2.98. The normalized spacial score (nSPS) is 47.7. The molecule has 2 heterocycles. The Kier molecular flexibility index (Phi) is 4.45. The summed E-state index contributed by atoms with van der Waals surface area (Å²) >= 11 is 2.05. The zero-order valence-corrected chi connectivity index (χ0v) is 13.0. The van der Waals surface area contributed by atoms with Crippen LogP contribution in [0.3, 0.4) is 0 Å². The Morgan fingerprint density at radius 1 is 1.32 bits per heavy atom. The first-order valence-electron chi connectivity index (χ1n) is 8.12. The van der Waals surface area contributed by atoms with Gasteiger partial charge in [-0.25, -0.2) is 0 Å². The summed E-state index contributed by atoms with van der Waals surface area (Å²) in [6.45, 7) is 3.23. The lowest BCUT2D eigenvalue weighted by Crippen LogP contribution is -2.45. The molecule has 110 valence electrons. The van der Waals surface area contributed by atoms with Crippen molar-refractivity contribution in [3.63, 3.8) is 0 Å². The maximum absolute atomic E-state index is 10.4. The van der Waals surface area contributed by atoms with Crippen LogP contribution in [-0.4, -0.2) is 34.9 Å². The van der Waals surface area contributed by atoms with E-state index in [-0.39, 0.29) is 11.7 Å². The largest absolute Gasteiger partial charge is 0.393 e. The van der Waals surface area contributed by atoms with E-state index in [1.54, 1.807) is 0 Å². The second-order valence-electron chi connectivity index (χ2n) is 6.91. The van der Waals surface area contributed by atoms with Crippen molar-refractivity contribution in [2.45, 2.75) is 63.6 Å². The Morgan fingerprint density at radius 3 is 2.95 bits per heavy atom. The standard InChI is InChI=1S/C16H28O2S/c1-2-12-3-4-15(17)14(9-12)13-5-7-18-16(10-13)6-8-19-11-16/h12-15,17H,2-11H2,1H3. The fraction of sp³-hybridized carbons (Fsp3) is 1.00. The molecule has 3 rings (SSSR count). The van der Waals surface area contributed by atoms with Crippen molar-refractivity contribution >= 4 is 11.8 Å². The molecule has 0 radical (unpaired) electrons. The van der Waals surface area contributed by atoms with Crippen LogP contribution in [-0.2, 0) is 4.74 Å². The molecule has 1 N–H and O–H groups in total. The average molecular weight is 284 g/mol. The van der Waals surface area contributed by atoms with Crippen LogP contribution >= 0.6 is 11.8 Å². The molecule has 0 aromatic rings. The van der Waals surface area contributed by atoms with Gasteiger partial charge in [-0.3, -0.25) is 0 Å². The van der Waals surface area contributed by atoms with Gasteiger partial charge in [0.25, 0.3) is 0 Å². The number of aliphatic hydroxyl groups is 1. The summed E-state index contributed by atoms with van der Waals surface area (Å²) in [6.07, 6.45) is 8.37. The molecule has 2 nitrogen and oxygen atoms in total. The summed E-state index contributed by atoms with van der Waals surface area (Å²) in [6, 6.07) is 0. The lowest BCUT2D eigenvalue weighted by Gasteiger charge is -2.45. The second kappa shape index (κ2) is 5.95. The van der Waals surface area contributed by atoms with E-state index >= 15 is 0 Å². The Morgan fingerprint density at radius 2 is 2.21 bits per heavy atom. The molecule has 3 heteroatoms. The zero-order valence-electron chi connectivity index (χ0n) is 12.1. The number of hydrogen-bond acceptors (Lipinski definition) is 3. The maximum Gasteiger partial charge on any atom is 0.0783 e. The fourth-order valence-corrected chi connectivity index (χ4v) is 5.83. The van der Waals surface area contributed by atoms with Crippen molar-refractivity contribution in [2.75, 3.05) is 18.1 Å². The van der Waals surface area contributed by atoms with Gasteiger partial charge in [-0.2, -0.15) is 11.8 Å². The third-order valence-electron chi connectivity index (χ3n) is 5.75. The maximum atomic E-state index is 10.4. The van der Waals surface area contributed by atoms with Gasteiger partial charge < -0.3 is 9.84 Å². The van der Waals surface area contributed by atoms with E-state index in [1.165, 1.54) is 50.0 Å². The van der Waals surface area contributed by atoms with Gasteiger partial charge in [0.15, 0.2) is 0 Å². The highest BCUT2D eigenvalue weighted by Crippen LogP contribution is 2.46. The highest BCUT2D eigenvalue weighted by atomic mass is 32.2. The van der Waals surface area contributed by atoms with Gasteiger partial charge in [-0.1, -0.05) is 13.3 Å². The minimum absolute atomic E-state index is 0.0444. The first-order chi connectivity index (χ1) is 9.22. The van der Waals surface area contributed by atoms with Crippen molar-refractivity contribution in [3.8, 4) is 0 Å². The highest BCUT2D eigenvalue weighted by molar-refractivity contribution is 7.99. The van der Waals surface area contributed by atoms with Crippen molar-refractivity contribution in [1.82, 2.24) is 0 Å². The number of ether oxygens (including phenoxy) is 1. The molecule has 0 aromatic carbocycles. The number of aliphatic hydroxyl groups excluding tert-OH is 1. The molecule has 0 aromatic heterocycles. The predicted molar refractivity (Wildman–Crippen MR) is 80.5 cm³/mol. The topological polar surface area (TPSA) is 29.5 Å². The van der Waals surface area contributed by atoms with Gasteiger partial charge in [0.05, 0.1) is 11.7 Å². The Labute approximate surface area is 121 Å². The lowest BCUT2D eigenvalue weighted by atomic mass is 9.68. The molecular formula is C16H28O2S. The summed E-state index contributed by atoms with van der Waals surface area (Å²) in [5, 5.41) is 10.4. The molecule has 19 heavy (non-hydrogen) atoms. The van der Waals surface area contributed by atoms with E-state index in [2.05, 4.69) is 6.92 Å². The Bertz CT molecular complexity index is 301. The van der Waals surface area contributed by atoms with E-state index in [9.17, 15) is 5.11 Å². The fourth-order valence-electron chi connectivity index (χ4n) is 4.45. The minimum Gasteiger partial charge on any atom is -0.393 e. The van der Waals surface area contributed by atoms with Crippen LogP contribution in [0.2, 0.25) is 0 Å². The number of thioether (sulfide) groups is 1. The number of hydrogen-bond donors (Lipinski definition) is 1. The number of rotatable bonds is 2. The molecule has 1 aliphatic carbocycles.